The molecular weight excluding hydrogens is 556 g/mol. The van der Waals surface area contributed by atoms with Crippen LogP contribution in [-0.2, 0) is 27.4 Å². The first-order valence-electron chi connectivity index (χ1n) is 14.1. The number of hydrogen-bond donors (Lipinski definition) is 0. The molecule has 0 spiro atoms. The van der Waals surface area contributed by atoms with Crippen LogP contribution in [-0.4, -0.2) is 45.4 Å². The Morgan fingerprint density at radius 2 is 1.85 bits per heavy atom. The molecule has 3 heterocycles. The monoisotopic (exact) mass is 592 g/mol. The lowest BCUT2D eigenvalue weighted by Crippen LogP contribution is -2.41. The van der Waals surface area contributed by atoms with Gasteiger partial charge in [0.2, 0.25) is 0 Å². The quantitative estimate of drug-likeness (QED) is 0.219. The van der Waals surface area contributed by atoms with E-state index >= 15 is 0 Å². The highest BCUT2D eigenvalue weighted by Crippen LogP contribution is 2.37. The second-order valence-electron chi connectivity index (χ2n) is 10.4. The van der Waals surface area contributed by atoms with Gasteiger partial charge in [-0.1, -0.05) is 67.2 Å². The number of piperidine rings is 1. The minimum Gasteiger partial charge on any atom is -0.466 e. The minimum atomic E-state index is -0.329. The molecule has 4 rings (SSSR count). The second kappa shape index (κ2) is 13.5. The summed E-state index contributed by atoms with van der Waals surface area (Å²) in [5.41, 5.74) is 3.08. The van der Waals surface area contributed by atoms with Gasteiger partial charge in [-0.15, -0.1) is 0 Å². The van der Waals surface area contributed by atoms with Gasteiger partial charge in [-0.3, -0.25) is 23.9 Å². The van der Waals surface area contributed by atoms with E-state index < -0.39 is 0 Å². The summed E-state index contributed by atoms with van der Waals surface area (Å²) in [5.74, 6) is 0.106. The standard InChI is InChI=1S/C31H36N4O4S2/c1-5-7-14-34-27(33-15-12-23(13-16-33)30(38)39-6-2)24(21(4)25(18-32)28(34)36)17-26-29(37)35(31(40)41-26)19-22-10-8-20(3)9-11-22/h8-11,17,23H,5-7,12-16,19H2,1-4H3/b26-17+. The molecule has 10 heteroatoms. The zero-order chi connectivity index (χ0) is 29.7. The van der Waals surface area contributed by atoms with Crippen LogP contribution < -0.4 is 10.5 Å². The summed E-state index contributed by atoms with van der Waals surface area (Å²) in [6.07, 6.45) is 4.62. The van der Waals surface area contributed by atoms with E-state index in [0.717, 1.165) is 24.0 Å². The van der Waals surface area contributed by atoms with Gasteiger partial charge in [0.05, 0.1) is 24.0 Å². The predicted octanol–water partition coefficient (Wildman–Crippen LogP) is 5.32. The molecular formula is C31H36N4O4S2. The van der Waals surface area contributed by atoms with Gasteiger partial charge in [0, 0.05) is 25.2 Å². The molecule has 0 radical (unpaired) electrons. The Hall–Kier alpha value is -3.42. The fraction of sp³-hybridized carbons (Fsp3) is 0.452. The Balaban J connectivity index is 1.76. The lowest BCUT2D eigenvalue weighted by Gasteiger charge is -2.35. The van der Waals surface area contributed by atoms with Crippen molar-refractivity contribution in [2.45, 2.75) is 66.5 Å². The van der Waals surface area contributed by atoms with Crippen LogP contribution in [0.25, 0.3) is 6.08 Å². The summed E-state index contributed by atoms with van der Waals surface area (Å²) < 4.78 is 7.39. The Labute approximate surface area is 251 Å². The number of pyridine rings is 1. The molecule has 0 atom stereocenters. The number of carbonyl (C=O) groups excluding carboxylic acids is 2. The number of amides is 1. The van der Waals surface area contributed by atoms with Crippen LogP contribution in [0.15, 0.2) is 34.0 Å². The fourth-order valence-corrected chi connectivity index (χ4v) is 6.48. The van der Waals surface area contributed by atoms with Crippen molar-refractivity contribution >= 4 is 52.1 Å². The number of hydrogen-bond acceptors (Lipinski definition) is 8. The highest BCUT2D eigenvalue weighted by atomic mass is 32.2. The van der Waals surface area contributed by atoms with Crippen LogP contribution in [0.5, 0.6) is 0 Å². The van der Waals surface area contributed by atoms with Gasteiger partial charge in [0.15, 0.2) is 0 Å². The molecule has 2 saturated heterocycles. The number of ether oxygens (including phenoxy) is 1. The van der Waals surface area contributed by atoms with Crippen LogP contribution >= 0.6 is 24.0 Å². The lowest BCUT2D eigenvalue weighted by molar-refractivity contribution is -0.148. The summed E-state index contributed by atoms with van der Waals surface area (Å²) in [6, 6.07) is 10.1. The minimum absolute atomic E-state index is 0.0765. The number of rotatable bonds is 9. The van der Waals surface area contributed by atoms with Crippen molar-refractivity contribution in [3.63, 3.8) is 0 Å². The van der Waals surface area contributed by atoms with Gasteiger partial charge in [-0.25, -0.2) is 0 Å². The van der Waals surface area contributed by atoms with Gasteiger partial charge >= 0.3 is 5.97 Å². The summed E-state index contributed by atoms with van der Waals surface area (Å²) in [6.45, 7) is 9.89. The van der Waals surface area contributed by atoms with Gasteiger partial charge in [0.1, 0.15) is 21.8 Å². The van der Waals surface area contributed by atoms with Crippen molar-refractivity contribution in [3.05, 3.63) is 67.3 Å². The van der Waals surface area contributed by atoms with Crippen LogP contribution in [0.2, 0.25) is 0 Å². The van der Waals surface area contributed by atoms with Crippen LogP contribution in [0.4, 0.5) is 5.82 Å². The number of aromatic nitrogens is 1. The third-order valence-electron chi connectivity index (χ3n) is 7.61. The maximum Gasteiger partial charge on any atom is 0.309 e. The largest absolute Gasteiger partial charge is 0.466 e. The van der Waals surface area contributed by atoms with Gasteiger partial charge in [0.25, 0.3) is 11.5 Å². The summed E-state index contributed by atoms with van der Waals surface area (Å²) in [4.78, 5) is 43.7. The summed E-state index contributed by atoms with van der Waals surface area (Å²) in [7, 11) is 0. The summed E-state index contributed by atoms with van der Waals surface area (Å²) >= 11 is 6.84. The zero-order valence-corrected chi connectivity index (χ0v) is 25.7. The van der Waals surface area contributed by atoms with Crippen molar-refractivity contribution < 1.29 is 14.3 Å². The number of carbonyl (C=O) groups is 2. The van der Waals surface area contributed by atoms with Gasteiger partial charge in [-0.05, 0) is 57.2 Å². The smallest absolute Gasteiger partial charge is 0.309 e. The number of benzene rings is 1. The first-order chi connectivity index (χ1) is 19.7. The molecule has 1 aromatic carbocycles. The highest BCUT2D eigenvalue weighted by molar-refractivity contribution is 8.26. The number of thioether (sulfide) groups is 1. The predicted molar refractivity (Wildman–Crippen MR) is 167 cm³/mol. The molecule has 2 aromatic rings. The van der Waals surface area contributed by atoms with E-state index in [1.807, 2.05) is 31.2 Å². The van der Waals surface area contributed by atoms with E-state index in [4.69, 9.17) is 17.0 Å². The molecule has 2 aliphatic rings. The van der Waals surface area contributed by atoms with Crippen LogP contribution in [0.3, 0.4) is 0 Å². The fourth-order valence-electron chi connectivity index (χ4n) is 5.24. The third kappa shape index (κ3) is 6.57. The second-order valence-corrected chi connectivity index (χ2v) is 12.1. The Bertz CT molecular complexity index is 1460. The number of anilines is 1. The highest BCUT2D eigenvalue weighted by Gasteiger charge is 2.34. The first kappa shape index (κ1) is 30.5. The molecule has 41 heavy (non-hydrogen) atoms. The Kier molecular flexibility index (Phi) is 10.1. The molecule has 2 fully saturated rings. The number of nitrogens with zero attached hydrogens (tertiary/aromatic N) is 4. The maximum absolute atomic E-state index is 13.6. The molecule has 1 aromatic heterocycles. The van der Waals surface area contributed by atoms with Crippen LogP contribution in [0, 0.1) is 31.1 Å². The number of nitriles is 1. The average Bonchev–Trinajstić information content (AvgIpc) is 3.22. The number of esters is 1. The van der Waals surface area contributed by atoms with Crippen LogP contribution in [0.1, 0.15) is 67.3 Å². The number of aryl methyl sites for hydroxylation is 1. The molecule has 0 bridgehead atoms. The van der Waals surface area contributed by atoms with E-state index in [2.05, 4.69) is 17.9 Å². The first-order valence-corrected chi connectivity index (χ1v) is 15.3. The maximum atomic E-state index is 13.6. The van der Waals surface area contributed by atoms with Crippen molar-refractivity contribution in [2.24, 2.45) is 5.92 Å². The van der Waals surface area contributed by atoms with Crippen molar-refractivity contribution in [1.82, 2.24) is 9.47 Å². The molecule has 0 N–H and O–H groups in total. The number of thiocarbonyl (C=S) groups is 1. The lowest BCUT2D eigenvalue weighted by atomic mass is 9.95. The van der Waals surface area contributed by atoms with Crippen molar-refractivity contribution in [3.8, 4) is 6.07 Å². The molecule has 216 valence electrons. The van der Waals surface area contributed by atoms with Crippen molar-refractivity contribution in [2.75, 3.05) is 24.6 Å². The molecule has 0 unspecified atom stereocenters. The van der Waals surface area contributed by atoms with E-state index in [-0.39, 0.29) is 28.9 Å². The zero-order valence-electron chi connectivity index (χ0n) is 24.1. The molecule has 8 nitrogen and oxygen atoms in total. The topological polar surface area (TPSA) is 95.6 Å². The normalized spacial score (nSPS) is 16.9. The summed E-state index contributed by atoms with van der Waals surface area (Å²) in [5, 5.41) is 9.95. The van der Waals surface area contributed by atoms with E-state index in [1.54, 1.807) is 29.4 Å². The molecule has 2 aliphatic heterocycles. The van der Waals surface area contributed by atoms with Gasteiger partial charge < -0.3 is 9.64 Å². The molecule has 0 saturated carbocycles. The number of unbranched alkanes of at least 4 members (excludes halogenated alkanes) is 1. The molecule has 0 aliphatic carbocycles. The van der Waals surface area contributed by atoms with E-state index in [9.17, 15) is 19.6 Å². The average molecular weight is 593 g/mol. The van der Waals surface area contributed by atoms with Crippen molar-refractivity contribution in [1.29, 1.82) is 5.26 Å². The van der Waals surface area contributed by atoms with E-state index in [1.165, 1.54) is 11.8 Å². The molecule has 1 amide bonds. The van der Waals surface area contributed by atoms with E-state index in [0.29, 0.717) is 71.8 Å². The van der Waals surface area contributed by atoms with Gasteiger partial charge in [-0.2, -0.15) is 5.26 Å². The Morgan fingerprint density at radius 3 is 2.46 bits per heavy atom. The Morgan fingerprint density at radius 1 is 1.17 bits per heavy atom. The SMILES string of the molecule is CCCCn1c(N2CCC(C(=O)OCC)CC2)c(/C=C2/SC(=S)N(Cc3ccc(C)cc3)C2=O)c(C)c(C#N)c1=O. The third-order valence-corrected chi connectivity index (χ3v) is 8.98.